The van der Waals surface area contributed by atoms with Crippen LogP contribution in [0.1, 0.15) is 69.5 Å². The number of aryl methyl sites for hydroxylation is 1. The first-order chi connectivity index (χ1) is 10.3. The highest BCUT2D eigenvalue weighted by atomic mass is 16.5. The van der Waals surface area contributed by atoms with Gasteiger partial charge in [-0.05, 0) is 36.9 Å². The summed E-state index contributed by atoms with van der Waals surface area (Å²) in [6.07, 6.45) is 9.50. The van der Waals surface area contributed by atoms with Crippen LogP contribution in [0.15, 0.2) is 24.3 Å². The highest BCUT2D eigenvalue weighted by Gasteiger charge is 2.16. The number of rotatable bonds is 7. The van der Waals surface area contributed by atoms with E-state index in [-0.39, 0.29) is 0 Å². The molecule has 21 heavy (non-hydrogen) atoms. The van der Waals surface area contributed by atoms with Gasteiger partial charge in [-0.15, -0.1) is 0 Å². The molecule has 1 aliphatic carbocycles. The van der Waals surface area contributed by atoms with Crippen LogP contribution in [0, 0.1) is 0 Å². The molecule has 1 fully saturated rings. The number of hydrogen-bond donors (Lipinski definition) is 1. The summed E-state index contributed by atoms with van der Waals surface area (Å²) in [5.74, 6) is 0. The molecular weight excluding hydrogens is 258 g/mol. The Kier molecular flexibility index (Phi) is 7.25. The van der Waals surface area contributed by atoms with E-state index < -0.39 is 0 Å². The molecule has 1 atom stereocenters. The molecule has 1 aromatic carbocycles. The summed E-state index contributed by atoms with van der Waals surface area (Å²) in [6, 6.07) is 9.31. The second-order valence-electron chi connectivity index (χ2n) is 6.15. The first-order valence-electron chi connectivity index (χ1n) is 8.77. The Bertz CT molecular complexity index is 379. The molecule has 0 heterocycles. The van der Waals surface area contributed by atoms with Crippen LogP contribution in [0.25, 0.3) is 0 Å². The summed E-state index contributed by atoms with van der Waals surface area (Å²) in [5.41, 5.74) is 2.75. The van der Waals surface area contributed by atoms with E-state index >= 15 is 0 Å². The monoisotopic (exact) mass is 289 g/mol. The van der Waals surface area contributed by atoms with Gasteiger partial charge < -0.3 is 10.1 Å². The Balaban J connectivity index is 1.90. The van der Waals surface area contributed by atoms with Gasteiger partial charge in [-0.25, -0.2) is 0 Å². The molecule has 2 heteroatoms. The average Bonchev–Trinajstić information content (AvgIpc) is 2.80. The number of ether oxygens (including phenoxy) is 1. The Morgan fingerprint density at radius 1 is 1.05 bits per heavy atom. The van der Waals surface area contributed by atoms with E-state index in [1.54, 1.807) is 0 Å². The van der Waals surface area contributed by atoms with Gasteiger partial charge in [0.05, 0.1) is 18.8 Å². The largest absolute Gasteiger partial charge is 0.376 e. The summed E-state index contributed by atoms with van der Waals surface area (Å²) in [5, 5.41) is 3.57. The van der Waals surface area contributed by atoms with Crippen LogP contribution in [0.3, 0.4) is 0 Å². The van der Waals surface area contributed by atoms with Crippen LogP contribution in [0.4, 0.5) is 0 Å². The molecule has 2 rings (SSSR count). The van der Waals surface area contributed by atoms with Crippen molar-refractivity contribution in [1.29, 1.82) is 0 Å². The van der Waals surface area contributed by atoms with E-state index in [4.69, 9.17) is 4.74 Å². The smallest absolute Gasteiger partial charge is 0.0665 e. The third-order valence-corrected chi connectivity index (χ3v) is 4.54. The Morgan fingerprint density at radius 2 is 1.71 bits per heavy atom. The third-order valence-electron chi connectivity index (χ3n) is 4.54. The van der Waals surface area contributed by atoms with Crippen molar-refractivity contribution in [2.75, 3.05) is 13.2 Å². The molecule has 0 saturated heterocycles. The van der Waals surface area contributed by atoms with E-state index in [9.17, 15) is 0 Å². The van der Waals surface area contributed by atoms with E-state index in [1.807, 2.05) is 0 Å². The van der Waals surface area contributed by atoms with Crippen molar-refractivity contribution in [3.8, 4) is 0 Å². The third kappa shape index (κ3) is 5.44. The van der Waals surface area contributed by atoms with Gasteiger partial charge in [0, 0.05) is 0 Å². The summed E-state index contributed by atoms with van der Waals surface area (Å²) >= 11 is 0. The lowest BCUT2D eigenvalue weighted by molar-refractivity contribution is 0.0291. The summed E-state index contributed by atoms with van der Waals surface area (Å²) in [4.78, 5) is 0. The Morgan fingerprint density at radius 3 is 2.29 bits per heavy atom. The molecule has 1 aromatic rings. The molecule has 118 valence electrons. The lowest BCUT2D eigenvalue weighted by Crippen LogP contribution is -2.27. The van der Waals surface area contributed by atoms with Crippen molar-refractivity contribution in [3.05, 3.63) is 35.4 Å². The average molecular weight is 289 g/mol. The van der Waals surface area contributed by atoms with E-state index in [0.717, 1.165) is 19.6 Å². The summed E-state index contributed by atoms with van der Waals surface area (Å²) in [7, 11) is 0. The normalized spacial score (nSPS) is 18.4. The van der Waals surface area contributed by atoms with Crippen LogP contribution >= 0.6 is 0 Å². The van der Waals surface area contributed by atoms with Crippen molar-refractivity contribution in [2.24, 2.45) is 0 Å². The topological polar surface area (TPSA) is 21.3 Å². The maximum absolute atomic E-state index is 6.23. The molecular formula is C19H31NO. The summed E-state index contributed by atoms with van der Waals surface area (Å²) in [6.45, 7) is 6.14. The fraction of sp³-hybridized carbons (Fsp3) is 0.684. The van der Waals surface area contributed by atoms with E-state index in [2.05, 4.69) is 43.4 Å². The number of hydrogen-bond acceptors (Lipinski definition) is 2. The zero-order valence-corrected chi connectivity index (χ0v) is 13.7. The zero-order valence-electron chi connectivity index (χ0n) is 13.7. The zero-order chi connectivity index (χ0) is 14.9. The van der Waals surface area contributed by atoms with Gasteiger partial charge >= 0.3 is 0 Å². The Hall–Kier alpha value is -0.860. The molecule has 2 nitrogen and oxygen atoms in total. The molecule has 1 saturated carbocycles. The maximum Gasteiger partial charge on any atom is 0.0665 e. The van der Waals surface area contributed by atoms with Crippen molar-refractivity contribution < 1.29 is 4.74 Å². The van der Waals surface area contributed by atoms with Gasteiger partial charge in [0.2, 0.25) is 0 Å². The molecule has 0 aliphatic heterocycles. The first-order valence-corrected chi connectivity index (χ1v) is 8.77. The van der Waals surface area contributed by atoms with Gasteiger partial charge in [-0.2, -0.15) is 0 Å². The number of likely N-dealkylation sites (N-methyl/N-ethyl adjacent to an activating group) is 1. The molecule has 1 N–H and O–H groups in total. The number of nitrogens with one attached hydrogen (secondary N) is 1. The van der Waals surface area contributed by atoms with Crippen LogP contribution in [0.5, 0.6) is 0 Å². The van der Waals surface area contributed by atoms with Crippen molar-refractivity contribution in [3.63, 3.8) is 0 Å². The number of benzene rings is 1. The fourth-order valence-electron chi connectivity index (χ4n) is 3.15. The Labute approximate surface area is 130 Å². The van der Waals surface area contributed by atoms with E-state index in [0.29, 0.717) is 12.1 Å². The van der Waals surface area contributed by atoms with Crippen LogP contribution in [-0.2, 0) is 11.2 Å². The minimum atomic E-state index is 0.323. The van der Waals surface area contributed by atoms with Gasteiger partial charge in [-0.1, -0.05) is 63.8 Å². The minimum absolute atomic E-state index is 0.323. The second-order valence-corrected chi connectivity index (χ2v) is 6.15. The highest BCUT2D eigenvalue weighted by Crippen LogP contribution is 2.22. The van der Waals surface area contributed by atoms with Crippen molar-refractivity contribution in [2.45, 2.75) is 70.9 Å². The van der Waals surface area contributed by atoms with Gasteiger partial charge in [-0.3, -0.25) is 0 Å². The van der Waals surface area contributed by atoms with E-state index in [1.165, 1.54) is 49.7 Å². The second kappa shape index (κ2) is 9.22. The van der Waals surface area contributed by atoms with Gasteiger partial charge in [0.1, 0.15) is 0 Å². The van der Waals surface area contributed by atoms with Gasteiger partial charge in [0.15, 0.2) is 0 Å². The lowest BCUT2D eigenvalue weighted by Gasteiger charge is -2.22. The lowest BCUT2D eigenvalue weighted by atomic mass is 10.0. The molecule has 0 radical (unpaired) electrons. The van der Waals surface area contributed by atoms with Crippen LogP contribution in [-0.4, -0.2) is 19.3 Å². The molecule has 1 unspecified atom stereocenters. The van der Waals surface area contributed by atoms with Crippen LogP contribution in [0.2, 0.25) is 0 Å². The quantitative estimate of drug-likeness (QED) is 0.738. The SMILES string of the molecule is CCNC(COC1CCCCCC1)c1ccc(CC)cc1. The highest BCUT2D eigenvalue weighted by molar-refractivity contribution is 5.25. The molecule has 0 spiro atoms. The molecule has 0 bridgehead atoms. The summed E-state index contributed by atoms with van der Waals surface area (Å²) < 4.78 is 6.23. The standard InChI is InChI=1S/C19H31NO/c1-3-16-11-13-17(14-12-16)19(20-4-2)15-21-18-9-7-5-6-8-10-18/h11-14,18-20H,3-10,15H2,1-2H3. The van der Waals surface area contributed by atoms with Crippen LogP contribution < -0.4 is 5.32 Å². The molecule has 1 aliphatic rings. The van der Waals surface area contributed by atoms with Gasteiger partial charge in [0.25, 0.3) is 0 Å². The predicted molar refractivity (Wildman–Crippen MR) is 89.7 cm³/mol. The molecule has 0 amide bonds. The maximum atomic E-state index is 6.23. The first kappa shape index (κ1) is 16.5. The molecule has 0 aromatic heterocycles. The van der Waals surface area contributed by atoms with Crippen molar-refractivity contribution >= 4 is 0 Å². The minimum Gasteiger partial charge on any atom is -0.376 e. The fourth-order valence-corrected chi connectivity index (χ4v) is 3.15. The van der Waals surface area contributed by atoms with Crippen molar-refractivity contribution in [1.82, 2.24) is 5.32 Å². The predicted octanol–water partition coefficient (Wildman–Crippen LogP) is 4.64.